The molecule has 1 atom stereocenters. The number of hydrogen-bond acceptors (Lipinski definition) is 3. The van der Waals surface area contributed by atoms with E-state index >= 15 is 0 Å². The summed E-state index contributed by atoms with van der Waals surface area (Å²) in [7, 11) is 0. The van der Waals surface area contributed by atoms with Gasteiger partial charge in [-0.2, -0.15) is 0 Å². The lowest BCUT2D eigenvalue weighted by atomic mass is 10.1. The van der Waals surface area contributed by atoms with Crippen molar-refractivity contribution in [3.63, 3.8) is 0 Å². The third-order valence-corrected chi connectivity index (χ3v) is 2.46. The van der Waals surface area contributed by atoms with E-state index in [0.717, 1.165) is 19.3 Å². The summed E-state index contributed by atoms with van der Waals surface area (Å²) in [6.07, 6.45) is 9.70. The number of rotatable bonds is 7. The van der Waals surface area contributed by atoms with Gasteiger partial charge in [0.1, 0.15) is 0 Å². The quantitative estimate of drug-likeness (QED) is 0.581. The average Bonchev–Trinajstić information content (AvgIpc) is 2.35. The highest BCUT2D eigenvalue weighted by Gasteiger charge is 2.13. The Morgan fingerprint density at radius 1 is 1.53 bits per heavy atom. The fourth-order valence-corrected chi connectivity index (χ4v) is 1.52. The third kappa shape index (κ3) is 4.46. The zero-order chi connectivity index (χ0) is 12.5. The van der Waals surface area contributed by atoms with Gasteiger partial charge < -0.3 is 9.84 Å². The molecule has 1 heterocycles. The van der Waals surface area contributed by atoms with Gasteiger partial charge in [0, 0.05) is 18.2 Å². The average molecular weight is 233 g/mol. The molecule has 3 heteroatoms. The Bertz CT molecular complexity index is 371. The first-order chi connectivity index (χ1) is 8.29. The molecule has 92 valence electrons. The van der Waals surface area contributed by atoms with Crippen LogP contribution in [0.5, 0.6) is 5.88 Å². The molecule has 3 nitrogen and oxygen atoms in total. The van der Waals surface area contributed by atoms with Crippen molar-refractivity contribution in [2.45, 2.75) is 38.7 Å². The molecule has 1 aromatic heterocycles. The molecule has 0 saturated heterocycles. The third-order valence-electron chi connectivity index (χ3n) is 2.46. The second kappa shape index (κ2) is 7.70. The number of hydrogen-bond donors (Lipinski definition) is 1. The zero-order valence-corrected chi connectivity index (χ0v) is 10.2. The fraction of sp³-hybridized carbons (Fsp3) is 0.500. The minimum atomic E-state index is -0.699. The molecule has 1 unspecified atom stereocenters. The largest absolute Gasteiger partial charge is 0.477 e. The summed E-state index contributed by atoms with van der Waals surface area (Å²) in [4.78, 5) is 4.13. The number of terminal acetylenes is 1. The van der Waals surface area contributed by atoms with Gasteiger partial charge in [0.2, 0.25) is 5.88 Å². The Kier molecular flexibility index (Phi) is 6.13. The van der Waals surface area contributed by atoms with Crippen LogP contribution in [0.15, 0.2) is 18.3 Å². The van der Waals surface area contributed by atoms with Gasteiger partial charge in [-0.05, 0) is 18.6 Å². The molecule has 17 heavy (non-hydrogen) atoms. The summed E-state index contributed by atoms with van der Waals surface area (Å²) in [6, 6.07) is 3.57. The Hall–Kier alpha value is -1.53. The van der Waals surface area contributed by atoms with Crippen molar-refractivity contribution in [1.29, 1.82) is 0 Å². The van der Waals surface area contributed by atoms with Crippen LogP contribution in [0.2, 0.25) is 0 Å². The Labute approximate surface area is 103 Å². The molecule has 0 saturated carbocycles. The van der Waals surface area contributed by atoms with Crippen molar-refractivity contribution >= 4 is 0 Å². The topological polar surface area (TPSA) is 42.4 Å². The van der Waals surface area contributed by atoms with E-state index in [2.05, 4.69) is 17.8 Å². The molecule has 1 rings (SSSR count). The van der Waals surface area contributed by atoms with E-state index in [4.69, 9.17) is 11.2 Å². The summed E-state index contributed by atoms with van der Waals surface area (Å²) in [5, 5.41) is 9.84. The molecule has 0 fully saturated rings. The first-order valence-corrected chi connectivity index (χ1v) is 5.98. The van der Waals surface area contributed by atoms with Crippen molar-refractivity contribution in [2.75, 3.05) is 6.61 Å². The monoisotopic (exact) mass is 233 g/mol. The summed E-state index contributed by atoms with van der Waals surface area (Å²) in [5.41, 5.74) is 0.668. The SMILES string of the molecule is C#CCC(O)c1cccnc1OCCCCC. The van der Waals surface area contributed by atoms with E-state index in [-0.39, 0.29) is 6.42 Å². The molecule has 0 aliphatic rings. The normalized spacial score (nSPS) is 11.8. The van der Waals surface area contributed by atoms with Gasteiger partial charge in [0.25, 0.3) is 0 Å². The maximum absolute atomic E-state index is 9.84. The van der Waals surface area contributed by atoms with Gasteiger partial charge in [0.05, 0.1) is 12.7 Å². The van der Waals surface area contributed by atoms with Crippen LogP contribution in [0.25, 0.3) is 0 Å². The van der Waals surface area contributed by atoms with Gasteiger partial charge in [-0.1, -0.05) is 19.8 Å². The highest BCUT2D eigenvalue weighted by atomic mass is 16.5. The molecule has 1 aromatic rings. The van der Waals surface area contributed by atoms with Crippen molar-refractivity contribution in [1.82, 2.24) is 4.98 Å². The van der Waals surface area contributed by atoms with Crippen LogP contribution < -0.4 is 4.74 Å². The number of pyridine rings is 1. The predicted octanol–water partition coefficient (Wildman–Crippen LogP) is 2.71. The first-order valence-electron chi connectivity index (χ1n) is 5.98. The van der Waals surface area contributed by atoms with Crippen LogP contribution in [0, 0.1) is 12.3 Å². The van der Waals surface area contributed by atoms with Crippen LogP contribution in [0.3, 0.4) is 0 Å². The van der Waals surface area contributed by atoms with E-state index in [1.54, 1.807) is 18.3 Å². The smallest absolute Gasteiger partial charge is 0.219 e. The summed E-state index contributed by atoms with van der Waals surface area (Å²) >= 11 is 0. The number of aliphatic hydroxyl groups excluding tert-OH is 1. The Balaban J connectivity index is 2.61. The van der Waals surface area contributed by atoms with Gasteiger partial charge in [-0.25, -0.2) is 4.98 Å². The summed E-state index contributed by atoms with van der Waals surface area (Å²) in [6.45, 7) is 2.77. The van der Waals surface area contributed by atoms with Crippen molar-refractivity contribution in [3.05, 3.63) is 23.9 Å². The second-order valence-electron chi connectivity index (χ2n) is 3.88. The lowest BCUT2D eigenvalue weighted by Crippen LogP contribution is -2.05. The Morgan fingerprint density at radius 3 is 3.06 bits per heavy atom. The molecule has 0 bridgehead atoms. The molecule has 0 spiro atoms. The standard InChI is InChI=1S/C14H19NO2/c1-3-5-6-11-17-14-12(9-7-10-15-14)13(16)8-4-2/h2,7,9-10,13,16H,3,5-6,8,11H2,1H3. The molecule has 0 amide bonds. The second-order valence-corrected chi connectivity index (χ2v) is 3.88. The number of nitrogens with zero attached hydrogens (tertiary/aromatic N) is 1. The zero-order valence-electron chi connectivity index (χ0n) is 10.2. The van der Waals surface area contributed by atoms with Crippen LogP contribution >= 0.6 is 0 Å². The van der Waals surface area contributed by atoms with E-state index < -0.39 is 6.10 Å². The van der Waals surface area contributed by atoms with E-state index in [9.17, 15) is 5.11 Å². The van der Waals surface area contributed by atoms with Gasteiger partial charge in [0.15, 0.2) is 0 Å². The lowest BCUT2D eigenvalue weighted by molar-refractivity contribution is 0.175. The van der Waals surface area contributed by atoms with Crippen molar-refractivity contribution in [2.24, 2.45) is 0 Å². The first kappa shape index (κ1) is 13.5. The van der Waals surface area contributed by atoms with Crippen LogP contribution in [0.1, 0.15) is 44.3 Å². The van der Waals surface area contributed by atoms with Crippen LogP contribution in [-0.2, 0) is 0 Å². The fourth-order valence-electron chi connectivity index (χ4n) is 1.52. The number of unbranched alkanes of at least 4 members (excludes halogenated alkanes) is 2. The van der Waals surface area contributed by atoms with Gasteiger partial charge in [-0.15, -0.1) is 12.3 Å². The van der Waals surface area contributed by atoms with Crippen molar-refractivity contribution in [3.8, 4) is 18.2 Å². The molecular formula is C14H19NO2. The molecule has 0 radical (unpaired) electrons. The molecular weight excluding hydrogens is 214 g/mol. The van der Waals surface area contributed by atoms with Gasteiger partial charge >= 0.3 is 0 Å². The molecule has 0 aliphatic carbocycles. The summed E-state index contributed by atoms with van der Waals surface area (Å²) in [5.74, 6) is 2.93. The highest BCUT2D eigenvalue weighted by molar-refractivity contribution is 5.28. The lowest BCUT2D eigenvalue weighted by Gasteiger charge is -2.13. The highest BCUT2D eigenvalue weighted by Crippen LogP contribution is 2.24. The van der Waals surface area contributed by atoms with Gasteiger partial charge in [-0.3, -0.25) is 0 Å². The van der Waals surface area contributed by atoms with Crippen molar-refractivity contribution < 1.29 is 9.84 Å². The minimum Gasteiger partial charge on any atom is -0.477 e. The maximum atomic E-state index is 9.84. The van der Waals surface area contributed by atoms with E-state index in [1.807, 2.05) is 0 Å². The van der Waals surface area contributed by atoms with E-state index in [1.165, 1.54) is 0 Å². The number of aliphatic hydroxyl groups is 1. The molecule has 0 aliphatic heterocycles. The summed E-state index contributed by atoms with van der Waals surface area (Å²) < 4.78 is 5.57. The maximum Gasteiger partial charge on any atom is 0.219 e. The minimum absolute atomic E-state index is 0.275. The molecule has 1 N–H and O–H groups in total. The Morgan fingerprint density at radius 2 is 2.35 bits per heavy atom. The number of ether oxygens (including phenoxy) is 1. The van der Waals surface area contributed by atoms with E-state index in [0.29, 0.717) is 18.1 Å². The number of aromatic nitrogens is 1. The molecule has 0 aromatic carbocycles. The predicted molar refractivity (Wildman–Crippen MR) is 67.7 cm³/mol. The van der Waals surface area contributed by atoms with Crippen LogP contribution in [0.4, 0.5) is 0 Å². The van der Waals surface area contributed by atoms with Crippen LogP contribution in [-0.4, -0.2) is 16.7 Å².